The van der Waals surface area contributed by atoms with E-state index in [2.05, 4.69) is 4.43 Å². The fourth-order valence-electron chi connectivity index (χ4n) is 2.69. The molecule has 0 spiro atoms. The Balaban J connectivity index is 0.000000444. The van der Waals surface area contributed by atoms with Crippen LogP contribution in [0.15, 0.2) is 0 Å². The SMILES string of the molecule is CCO[SiH3].CO[Si](CCC1CCC2OC2C1)(OC)OC. The first-order valence-electron chi connectivity index (χ1n) is 7.44. The van der Waals surface area contributed by atoms with E-state index in [4.69, 9.17) is 18.0 Å². The highest BCUT2D eigenvalue weighted by Crippen LogP contribution is 2.41. The lowest BCUT2D eigenvalue weighted by molar-refractivity contribution is 0.120. The molecule has 1 saturated carbocycles. The summed E-state index contributed by atoms with van der Waals surface area (Å²) in [6.45, 7) is 2.87. The van der Waals surface area contributed by atoms with Gasteiger partial charge in [0.2, 0.25) is 0 Å². The zero-order valence-corrected chi connectivity index (χ0v) is 16.5. The third-order valence-corrected chi connectivity index (χ3v) is 7.54. The summed E-state index contributed by atoms with van der Waals surface area (Å²) in [5.41, 5.74) is 0. The van der Waals surface area contributed by atoms with Gasteiger partial charge in [0, 0.05) is 34.0 Å². The maximum absolute atomic E-state index is 5.54. The average Bonchev–Trinajstić information content (AvgIpc) is 3.28. The molecule has 5 nitrogen and oxygen atoms in total. The summed E-state index contributed by atoms with van der Waals surface area (Å²) >= 11 is 0. The van der Waals surface area contributed by atoms with Gasteiger partial charge in [0.05, 0.1) is 12.2 Å². The zero-order chi connectivity index (χ0) is 15.0. The van der Waals surface area contributed by atoms with Gasteiger partial charge < -0.3 is 22.4 Å². The number of ether oxygens (including phenoxy) is 1. The summed E-state index contributed by atoms with van der Waals surface area (Å²) in [7, 11) is 3.58. The monoisotopic (exact) mass is 322 g/mol. The molecule has 0 bridgehead atoms. The second kappa shape index (κ2) is 9.29. The molecular formula is C13H30O5Si2. The highest BCUT2D eigenvalue weighted by molar-refractivity contribution is 6.60. The van der Waals surface area contributed by atoms with Crippen molar-refractivity contribution in [3.63, 3.8) is 0 Å². The molecule has 0 aromatic carbocycles. The molecule has 120 valence electrons. The number of fused-ring (bicyclic) bond motifs is 1. The Morgan fingerprint density at radius 3 is 2.15 bits per heavy atom. The van der Waals surface area contributed by atoms with Crippen LogP contribution in [0.4, 0.5) is 0 Å². The van der Waals surface area contributed by atoms with Gasteiger partial charge in [-0.3, -0.25) is 0 Å². The molecule has 0 radical (unpaired) electrons. The van der Waals surface area contributed by atoms with Gasteiger partial charge in [-0.25, -0.2) is 0 Å². The van der Waals surface area contributed by atoms with Gasteiger partial charge in [0.25, 0.3) is 0 Å². The number of hydrogen-bond donors (Lipinski definition) is 0. The number of hydrogen-bond acceptors (Lipinski definition) is 5. The summed E-state index contributed by atoms with van der Waals surface area (Å²) in [5.74, 6) is 0.760. The predicted octanol–water partition coefficient (Wildman–Crippen LogP) is 1.13. The van der Waals surface area contributed by atoms with Crippen molar-refractivity contribution in [3.8, 4) is 0 Å². The Kier molecular flexibility index (Phi) is 8.49. The smallest absolute Gasteiger partial charge is 0.428 e. The molecule has 0 aromatic heterocycles. The zero-order valence-electron chi connectivity index (χ0n) is 13.5. The first-order valence-corrected chi connectivity index (χ1v) is 10.2. The van der Waals surface area contributed by atoms with Crippen LogP contribution in [0.2, 0.25) is 6.04 Å². The van der Waals surface area contributed by atoms with Crippen molar-refractivity contribution in [1.82, 2.24) is 0 Å². The minimum Gasteiger partial charge on any atom is -0.428 e. The summed E-state index contributed by atoms with van der Waals surface area (Å²) < 4.78 is 26.5. The molecule has 1 heterocycles. The molecular weight excluding hydrogens is 292 g/mol. The van der Waals surface area contributed by atoms with E-state index >= 15 is 0 Å². The van der Waals surface area contributed by atoms with Crippen LogP contribution in [-0.2, 0) is 22.4 Å². The Bertz CT molecular complexity index is 253. The maximum Gasteiger partial charge on any atom is 0.500 e. The van der Waals surface area contributed by atoms with Crippen LogP contribution < -0.4 is 0 Å². The standard InChI is InChI=1S/C11H22O4Si.C2H8OSi/c1-12-16(13-2,14-3)7-6-9-4-5-10-11(8-9)15-10;1-2-3-4/h9-11H,4-8H2,1-3H3;2H2,1,4H3. The molecule has 1 saturated heterocycles. The normalized spacial score (nSPS) is 28.5. The van der Waals surface area contributed by atoms with Crippen LogP contribution in [-0.4, -0.2) is 59.4 Å². The molecule has 2 fully saturated rings. The van der Waals surface area contributed by atoms with Gasteiger partial charge in [0.1, 0.15) is 10.5 Å². The second-order valence-electron chi connectivity index (χ2n) is 5.30. The van der Waals surface area contributed by atoms with Gasteiger partial charge >= 0.3 is 8.80 Å². The van der Waals surface area contributed by atoms with E-state index < -0.39 is 8.80 Å². The van der Waals surface area contributed by atoms with Crippen molar-refractivity contribution in [1.29, 1.82) is 0 Å². The molecule has 1 aliphatic heterocycles. The van der Waals surface area contributed by atoms with Gasteiger partial charge in [-0.05, 0) is 38.5 Å². The average molecular weight is 323 g/mol. The lowest BCUT2D eigenvalue weighted by Crippen LogP contribution is -2.43. The fourth-order valence-corrected chi connectivity index (χ4v) is 4.56. The van der Waals surface area contributed by atoms with Crippen molar-refractivity contribution >= 4 is 19.3 Å². The van der Waals surface area contributed by atoms with E-state index in [1.54, 1.807) is 21.3 Å². The van der Waals surface area contributed by atoms with E-state index in [1.807, 2.05) is 6.92 Å². The molecule has 2 rings (SSSR count). The largest absolute Gasteiger partial charge is 0.500 e. The Morgan fingerprint density at radius 2 is 1.70 bits per heavy atom. The first-order chi connectivity index (χ1) is 9.64. The molecule has 3 atom stereocenters. The Labute approximate surface area is 127 Å². The topological polar surface area (TPSA) is 49.5 Å². The third-order valence-electron chi connectivity index (χ3n) is 4.19. The van der Waals surface area contributed by atoms with Crippen LogP contribution in [0, 0.1) is 5.92 Å². The van der Waals surface area contributed by atoms with Crippen molar-refractivity contribution in [2.24, 2.45) is 5.92 Å². The molecule has 0 aromatic rings. The fraction of sp³-hybridized carbons (Fsp3) is 1.00. The quantitative estimate of drug-likeness (QED) is 0.519. The molecule has 3 unspecified atom stereocenters. The van der Waals surface area contributed by atoms with E-state index in [1.165, 1.54) is 19.3 Å². The lowest BCUT2D eigenvalue weighted by Gasteiger charge is -2.27. The molecule has 2 aliphatic rings. The Morgan fingerprint density at radius 1 is 1.10 bits per heavy atom. The van der Waals surface area contributed by atoms with Crippen LogP contribution in [0.1, 0.15) is 32.6 Å². The minimum absolute atomic E-state index is 0.558. The second-order valence-corrected chi connectivity index (χ2v) is 8.97. The van der Waals surface area contributed by atoms with Crippen molar-refractivity contribution in [2.45, 2.75) is 50.9 Å². The number of epoxide rings is 1. The molecule has 1 aliphatic carbocycles. The predicted molar refractivity (Wildman–Crippen MR) is 83.8 cm³/mol. The van der Waals surface area contributed by atoms with E-state index in [0.717, 1.165) is 35.5 Å². The Hall–Kier alpha value is 0.234. The van der Waals surface area contributed by atoms with Gasteiger partial charge in [0.15, 0.2) is 0 Å². The van der Waals surface area contributed by atoms with Crippen LogP contribution in [0.3, 0.4) is 0 Å². The summed E-state index contributed by atoms with van der Waals surface area (Å²) in [6, 6.07) is 0.915. The highest BCUT2D eigenvalue weighted by atomic mass is 28.4. The summed E-state index contributed by atoms with van der Waals surface area (Å²) in [4.78, 5) is 0. The van der Waals surface area contributed by atoms with Gasteiger partial charge in [-0.1, -0.05) is 0 Å². The third kappa shape index (κ3) is 5.55. The molecule has 0 amide bonds. The molecule has 7 heteroatoms. The highest BCUT2D eigenvalue weighted by Gasteiger charge is 2.45. The first kappa shape index (κ1) is 18.3. The van der Waals surface area contributed by atoms with E-state index in [9.17, 15) is 0 Å². The van der Waals surface area contributed by atoms with Crippen molar-refractivity contribution in [2.75, 3.05) is 27.9 Å². The maximum atomic E-state index is 5.54. The number of rotatable bonds is 7. The lowest BCUT2D eigenvalue weighted by atomic mass is 9.88. The van der Waals surface area contributed by atoms with Gasteiger partial charge in [-0.15, -0.1) is 0 Å². The summed E-state index contributed by atoms with van der Waals surface area (Å²) in [5, 5.41) is 0. The van der Waals surface area contributed by atoms with Crippen LogP contribution in [0.25, 0.3) is 0 Å². The van der Waals surface area contributed by atoms with Crippen molar-refractivity contribution < 1.29 is 22.4 Å². The minimum atomic E-state index is -2.35. The van der Waals surface area contributed by atoms with Gasteiger partial charge in [-0.2, -0.15) is 0 Å². The van der Waals surface area contributed by atoms with E-state index in [-0.39, 0.29) is 0 Å². The van der Waals surface area contributed by atoms with E-state index in [0.29, 0.717) is 12.2 Å². The molecule has 20 heavy (non-hydrogen) atoms. The van der Waals surface area contributed by atoms with Crippen molar-refractivity contribution in [3.05, 3.63) is 0 Å². The van der Waals surface area contributed by atoms with Crippen LogP contribution in [0.5, 0.6) is 0 Å². The molecule has 0 N–H and O–H groups in total. The summed E-state index contributed by atoms with van der Waals surface area (Å²) in [6.07, 6.45) is 6.01. The van der Waals surface area contributed by atoms with Crippen LogP contribution >= 0.6 is 0 Å².